The Morgan fingerprint density at radius 2 is 0.857 bits per heavy atom. The average Bonchev–Trinajstić information content (AvgIpc) is 2.26. The van der Waals surface area contributed by atoms with Gasteiger partial charge in [-0.3, -0.25) is 0 Å². The fourth-order valence-electron chi connectivity index (χ4n) is 3.76. The first kappa shape index (κ1) is 28.8. The molecule has 0 aliphatic carbocycles. The summed E-state index contributed by atoms with van der Waals surface area (Å²) in [7, 11) is -12.8. The number of rotatable bonds is 13. The second kappa shape index (κ2) is 9.98. The SMILES string of the molecule is C=CCC[Si](C)(C)O[Si](C)(C)O[Si](C)(C)O[Si](C)(C)O[Si](C)(C)O[Si](C)(C)C. The Morgan fingerprint density at radius 3 is 1.18 bits per heavy atom. The highest BCUT2D eigenvalue weighted by Gasteiger charge is 2.46. The lowest BCUT2D eigenvalue weighted by molar-refractivity contribution is 0.282. The van der Waals surface area contributed by atoms with E-state index in [1.165, 1.54) is 0 Å². The van der Waals surface area contributed by atoms with E-state index in [-0.39, 0.29) is 0 Å². The predicted molar refractivity (Wildman–Crippen MR) is 136 cm³/mol. The Labute approximate surface area is 181 Å². The maximum absolute atomic E-state index is 6.57. The molecule has 0 saturated heterocycles. The molecule has 0 N–H and O–H groups in total. The molecule has 0 aliphatic heterocycles. The van der Waals surface area contributed by atoms with Gasteiger partial charge in [0.2, 0.25) is 0 Å². The summed E-state index contributed by atoms with van der Waals surface area (Å²) in [4.78, 5) is 0. The molecule has 0 heterocycles. The quantitative estimate of drug-likeness (QED) is 0.214. The van der Waals surface area contributed by atoms with E-state index in [1.807, 2.05) is 6.08 Å². The van der Waals surface area contributed by atoms with E-state index in [0.717, 1.165) is 12.5 Å². The molecule has 168 valence electrons. The van der Waals surface area contributed by atoms with Gasteiger partial charge in [-0.2, -0.15) is 0 Å². The fourth-order valence-corrected chi connectivity index (χ4v) is 32.7. The van der Waals surface area contributed by atoms with Crippen molar-refractivity contribution >= 4 is 50.9 Å². The van der Waals surface area contributed by atoms with Crippen molar-refractivity contribution in [2.45, 2.75) is 97.6 Å². The Balaban J connectivity index is 5.07. The van der Waals surface area contributed by atoms with E-state index in [0.29, 0.717) is 0 Å². The van der Waals surface area contributed by atoms with Gasteiger partial charge in [0.1, 0.15) is 0 Å². The summed E-state index contributed by atoms with van der Waals surface area (Å²) in [6, 6.07) is 1.07. The molecule has 0 bridgehead atoms. The van der Waals surface area contributed by atoms with Crippen molar-refractivity contribution < 1.29 is 20.6 Å². The smallest absolute Gasteiger partial charge is 0.314 e. The van der Waals surface area contributed by atoms with Crippen LogP contribution in [0.1, 0.15) is 6.42 Å². The third-order valence-corrected chi connectivity index (χ3v) is 25.4. The Hall–Kier alpha value is 0.841. The maximum Gasteiger partial charge on any atom is 0.314 e. The van der Waals surface area contributed by atoms with Gasteiger partial charge in [-0.1, -0.05) is 6.08 Å². The average molecular weight is 499 g/mol. The van der Waals surface area contributed by atoms with E-state index >= 15 is 0 Å². The lowest BCUT2D eigenvalue weighted by atomic mass is 10.5. The van der Waals surface area contributed by atoms with Crippen molar-refractivity contribution in [1.29, 1.82) is 0 Å². The largest absolute Gasteiger partial charge is 0.437 e. The molecule has 0 aromatic carbocycles. The summed E-state index contributed by atoms with van der Waals surface area (Å²) >= 11 is 0. The number of hydrogen-bond donors (Lipinski definition) is 0. The Kier molecular flexibility index (Phi) is 10.3. The molecule has 28 heavy (non-hydrogen) atoms. The molecule has 11 heteroatoms. The molecule has 0 fully saturated rings. The van der Waals surface area contributed by atoms with E-state index in [2.05, 4.69) is 91.7 Å². The Bertz CT molecular complexity index is 515. The van der Waals surface area contributed by atoms with Crippen LogP contribution in [0.5, 0.6) is 0 Å². The van der Waals surface area contributed by atoms with Crippen LogP contribution in [0.3, 0.4) is 0 Å². The molecule has 0 aromatic rings. The van der Waals surface area contributed by atoms with Crippen LogP contribution in [0.2, 0.25) is 91.2 Å². The number of allylic oxidation sites excluding steroid dienone is 1. The van der Waals surface area contributed by atoms with Crippen LogP contribution in [-0.2, 0) is 20.6 Å². The molecule has 0 radical (unpaired) electrons. The van der Waals surface area contributed by atoms with E-state index in [4.69, 9.17) is 20.6 Å². The van der Waals surface area contributed by atoms with Crippen LogP contribution in [-0.4, -0.2) is 50.9 Å². The lowest BCUT2D eigenvalue weighted by Crippen LogP contribution is -2.59. The van der Waals surface area contributed by atoms with Gasteiger partial charge in [-0.25, -0.2) is 0 Å². The van der Waals surface area contributed by atoms with Gasteiger partial charge in [0, 0.05) is 0 Å². The van der Waals surface area contributed by atoms with E-state index < -0.39 is 50.9 Å². The summed E-state index contributed by atoms with van der Waals surface area (Å²) in [6.45, 7) is 31.9. The first-order chi connectivity index (χ1) is 12.1. The molecule has 0 rings (SSSR count). The molecule has 5 nitrogen and oxygen atoms in total. The molecular formula is C17H46O5Si6. The normalized spacial score (nSPS) is 15.0. The van der Waals surface area contributed by atoms with E-state index in [1.54, 1.807) is 0 Å². The van der Waals surface area contributed by atoms with Gasteiger partial charge < -0.3 is 20.6 Å². The molecule has 0 atom stereocenters. The second-order valence-corrected chi connectivity index (χ2v) is 34.3. The fraction of sp³-hybridized carbons (Fsp3) is 0.882. The lowest BCUT2D eigenvalue weighted by Gasteiger charge is -2.43. The topological polar surface area (TPSA) is 46.2 Å². The molecule has 0 amide bonds. The summed E-state index contributed by atoms with van der Waals surface area (Å²) in [6.07, 6.45) is 2.96. The predicted octanol–water partition coefficient (Wildman–Crippen LogP) is 6.49. The number of hydrogen-bond acceptors (Lipinski definition) is 5. The van der Waals surface area contributed by atoms with Gasteiger partial charge in [-0.15, -0.1) is 6.58 Å². The zero-order valence-corrected chi connectivity index (χ0v) is 26.7. The van der Waals surface area contributed by atoms with Crippen molar-refractivity contribution in [3.05, 3.63) is 12.7 Å². The highest BCUT2D eigenvalue weighted by Crippen LogP contribution is 2.28. The molecule has 0 spiro atoms. The van der Waals surface area contributed by atoms with Crippen LogP contribution in [0, 0.1) is 0 Å². The van der Waals surface area contributed by atoms with Crippen LogP contribution in [0.25, 0.3) is 0 Å². The van der Waals surface area contributed by atoms with Crippen LogP contribution in [0.4, 0.5) is 0 Å². The van der Waals surface area contributed by atoms with Crippen molar-refractivity contribution in [3.63, 3.8) is 0 Å². The Morgan fingerprint density at radius 1 is 0.536 bits per heavy atom. The van der Waals surface area contributed by atoms with Crippen LogP contribution >= 0.6 is 0 Å². The third-order valence-electron chi connectivity index (χ3n) is 3.50. The van der Waals surface area contributed by atoms with Crippen molar-refractivity contribution in [2.24, 2.45) is 0 Å². The summed E-state index contributed by atoms with van der Waals surface area (Å²) < 4.78 is 32.6. The summed E-state index contributed by atoms with van der Waals surface area (Å²) in [5.74, 6) is 0. The van der Waals surface area contributed by atoms with Crippen molar-refractivity contribution in [2.75, 3.05) is 0 Å². The van der Waals surface area contributed by atoms with Gasteiger partial charge >= 0.3 is 34.2 Å². The highest BCUT2D eigenvalue weighted by atomic mass is 28.5. The minimum atomic E-state index is -2.41. The second-order valence-electron chi connectivity index (χ2n) is 10.8. The van der Waals surface area contributed by atoms with Crippen LogP contribution in [0.15, 0.2) is 12.7 Å². The third kappa shape index (κ3) is 14.0. The van der Waals surface area contributed by atoms with Crippen molar-refractivity contribution in [1.82, 2.24) is 0 Å². The van der Waals surface area contributed by atoms with Gasteiger partial charge in [0.05, 0.1) is 0 Å². The van der Waals surface area contributed by atoms with Crippen LogP contribution < -0.4 is 0 Å². The molecule has 0 aliphatic rings. The van der Waals surface area contributed by atoms with Crippen molar-refractivity contribution in [3.8, 4) is 0 Å². The zero-order chi connectivity index (χ0) is 22.7. The first-order valence-electron chi connectivity index (χ1n) is 10.2. The highest BCUT2D eigenvalue weighted by molar-refractivity contribution is 6.91. The van der Waals surface area contributed by atoms with Gasteiger partial charge in [0.15, 0.2) is 16.6 Å². The summed E-state index contributed by atoms with van der Waals surface area (Å²) in [5, 5.41) is 0. The van der Waals surface area contributed by atoms with Gasteiger partial charge in [0.25, 0.3) is 0 Å². The zero-order valence-electron chi connectivity index (χ0n) is 20.7. The first-order valence-corrected chi connectivity index (χ1v) is 28.0. The van der Waals surface area contributed by atoms with Gasteiger partial charge in [-0.05, 0) is 97.6 Å². The minimum Gasteiger partial charge on any atom is -0.437 e. The molecular weight excluding hydrogens is 453 g/mol. The molecule has 0 unspecified atom stereocenters. The summed E-state index contributed by atoms with van der Waals surface area (Å²) in [5.41, 5.74) is 0. The standard InChI is InChI=1S/C17H46O5Si6/c1-15-16-17-24(5,6)19-26(9,10)21-28(13,14)22-27(11,12)20-25(7,8)18-23(2,3)4/h15H,1,16-17H2,2-14H3. The van der Waals surface area contributed by atoms with E-state index in [9.17, 15) is 0 Å². The monoisotopic (exact) mass is 498 g/mol. The minimum absolute atomic E-state index is 0.992. The molecule has 0 saturated carbocycles. The molecule has 0 aromatic heterocycles. The maximum atomic E-state index is 6.57.